The van der Waals surface area contributed by atoms with E-state index in [9.17, 15) is 4.79 Å². The van der Waals surface area contributed by atoms with Gasteiger partial charge in [-0.15, -0.1) is 0 Å². The molecule has 2 N–H and O–H groups in total. The van der Waals surface area contributed by atoms with Gasteiger partial charge < -0.3 is 15.5 Å². The van der Waals surface area contributed by atoms with Crippen molar-refractivity contribution in [3.8, 4) is 0 Å². The van der Waals surface area contributed by atoms with Crippen molar-refractivity contribution < 1.29 is 4.79 Å². The van der Waals surface area contributed by atoms with Gasteiger partial charge in [0.2, 0.25) is 0 Å². The standard InChI is InChI=1S/C13H25N3O/c1-11-7-9-16(10-8-14-11)13(17)15-12-5-3-2-4-6-12/h11-12,14H,2-10H2,1H3,(H,15,17). The zero-order chi connectivity index (χ0) is 12.1. The smallest absolute Gasteiger partial charge is 0.317 e. The highest BCUT2D eigenvalue weighted by Gasteiger charge is 2.21. The maximum Gasteiger partial charge on any atom is 0.317 e. The summed E-state index contributed by atoms with van der Waals surface area (Å²) in [5.74, 6) is 0. The molecule has 2 amide bonds. The van der Waals surface area contributed by atoms with Crippen LogP contribution in [0.15, 0.2) is 0 Å². The predicted molar refractivity (Wildman–Crippen MR) is 69.1 cm³/mol. The molecule has 1 aliphatic heterocycles. The van der Waals surface area contributed by atoms with E-state index >= 15 is 0 Å². The summed E-state index contributed by atoms with van der Waals surface area (Å²) in [6, 6.07) is 1.10. The van der Waals surface area contributed by atoms with Gasteiger partial charge >= 0.3 is 6.03 Å². The fourth-order valence-electron chi connectivity index (χ4n) is 2.73. The van der Waals surface area contributed by atoms with Crippen LogP contribution in [0.25, 0.3) is 0 Å². The van der Waals surface area contributed by atoms with Gasteiger partial charge in [-0.2, -0.15) is 0 Å². The molecule has 98 valence electrons. The van der Waals surface area contributed by atoms with Crippen LogP contribution < -0.4 is 10.6 Å². The second kappa shape index (κ2) is 6.24. The Morgan fingerprint density at radius 3 is 2.71 bits per heavy atom. The third-order valence-electron chi connectivity index (χ3n) is 3.93. The molecule has 4 heteroatoms. The van der Waals surface area contributed by atoms with E-state index in [4.69, 9.17) is 0 Å². The molecule has 1 aliphatic carbocycles. The average Bonchev–Trinajstić information content (AvgIpc) is 2.55. The number of carbonyl (C=O) groups excluding carboxylic acids is 1. The van der Waals surface area contributed by atoms with Gasteiger partial charge in [0.15, 0.2) is 0 Å². The molecule has 1 unspecified atom stereocenters. The molecular formula is C13H25N3O. The predicted octanol–water partition coefficient (Wildman–Crippen LogP) is 1.71. The van der Waals surface area contributed by atoms with Gasteiger partial charge in [-0.05, 0) is 26.2 Å². The van der Waals surface area contributed by atoms with E-state index in [0.717, 1.165) is 38.9 Å². The largest absolute Gasteiger partial charge is 0.335 e. The summed E-state index contributed by atoms with van der Waals surface area (Å²) in [6.45, 7) is 4.82. The van der Waals surface area contributed by atoms with E-state index < -0.39 is 0 Å². The minimum absolute atomic E-state index is 0.146. The molecule has 1 saturated heterocycles. The summed E-state index contributed by atoms with van der Waals surface area (Å²) in [7, 11) is 0. The van der Waals surface area contributed by atoms with E-state index in [2.05, 4.69) is 17.6 Å². The summed E-state index contributed by atoms with van der Waals surface area (Å²) in [5, 5.41) is 6.60. The summed E-state index contributed by atoms with van der Waals surface area (Å²) < 4.78 is 0. The Hall–Kier alpha value is -0.770. The van der Waals surface area contributed by atoms with E-state index in [1.165, 1.54) is 19.3 Å². The summed E-state index contributed by atoms with van der Waals surface area (Å²) in [4.78, 5) is 14.1. The summed E-state index contributed by atoms with van der Waals surface area (Å²) in [5.41, 5.74) is 0. The lowest BCUT2D eigenvalue weighted by Gasteiger charge is -2.27. The van der Waals surface area contributed by atoms with Gasteiger partial charge in [0.25, 0.3) is 0 Å². The average molecular weight is 239 g/mol. The summed E-state index contributed by atoms with van der Waals surface area (Å²) >= 11 is 0. The van der Waals surface area contributed by atoms with E-state index in [1.54, 1.807) is 0 Å². The molecule has 0 radical (unpaired) electrons. The molecule has 1 saturated carbocycles. The van der Waals surface area contributed by atoms with Gasteiger partial charge in [-0.3, -0.25) is 0 Å². The first-order chi connectivity index (χ1) is 8.25. The van der Waals surface area contributed by atoms with Gasteiger partial charge in [0.05, 0.1) is 0 Å². The lowest BCUT2D eigenvalue weighted by atomic mass is 9.96. The molecule has 17 heavy (non-hydrogen) atoms. The van der Waals surface area contributed by atoms with Crippen molar-refractivity contribution in [3.63, 3.8) is 0 Å². The molecule has 1 atom stereocenters. The number of amides is 2. The zero-order valence-electron chi connectivity index (χ0n) is 10.9. The van der Waals surface area contributed by atoms with Crippen molar-refractivity contribution in [2.45, 2.75) is 57.5 Å². The van der Waals surface area contributed by atoms with Crippen LogP contribution in [0.5, 0.6) is 0 Å². The van der Waals surface area contributed by atoms with Gasteiger partial charge in [-0.25, -0.2) is 4.79 Å². The Morgan fingerprint density at radius 1 is 1.18 bits per heavy atom. The van der Waals surface area contributed by atoms with Crippen molar-refractivity contribution in [2.75, 3.05) is 19.6 Å². The van der Waals surface area contributed by atoms with Crippen LogP contribution in [0.2, 0.25) is 0 Å². The molecule has 0 aromatic carbocycles. The SMILES string of the molecule is CC1CCN(C(=O)NC2CCCCC2)CCN1. The fourth-order valence-corrected chi connectivity index (χ4v) is 2.73. The molecular weight excluding hydrogens is 214 g/mol. The Kier molecular flexibility index (Phi) is 4.66. The van der Waals surface area contributed by atoms with Gasteiger partial charge in [0, 0.05) is 31.7 Å². The first kappa shape index (κ1) is 12.7. The number of hydrogen-bond donors (Lipinski definition) is 2. The number of rotatable bonds is 1. The monoisotopic (exact) mass is 239 g/mol. The molecule has 0 bridgehead atoms. The Balaban J connectivity index is 1.77. The zero-order valence-corrected chi connectivity index (χ0v) is 10.9. The second-order valence-corrected chi connectivity index (χ2v) is 5.42. The lowest BCUT2D eigenvalue weighted by molar-refractivity contribution is 0.193. The molecule has 0 aromatic rings. The third-order valence-corrected chi connectivity index (χ3v) is 3.93. The topological polar surface area (TPSA) is 44.4 Å². The van der Waals surface area contributed by atoms with E-state index in [1.807, 2.05) is 4.90 Å². The maximum absolute atomic E-state index is 12.1. The van der Waals surface area contributed by atoms with E-state index in [-0.39, 0.29) is 6.03 Å². The molecule has 2 fully saturated rings. The molecule has 0 spiro atoms. The van der Waals surface area contributed by atoms with Crippen LogP contribution in [0.3, 0.4) is 0 Å². The minimum atomic E-state index is 0.146. The quantitative estimate of drug-likeness (QED) is 0.731. The van der Waals surface area contributed by atoms with Crippen molar-refractivity contribution >= 4 is 6.03 Å². The highest BCUT2D eigenvalue weighted by molar-refractivity contribution is 5.74. The van der Waals surface area contributed by atoms with Crippen molar-refractivity contribution in [1.82, 2.24) is 15.5 Å². The molecule has 2 aliphatic rings. The van der Waals surface area contributed by atoms with Crippen LogP contribution in [0, 0.1) is 0 Å². The van der Waals surface area contributed by atoms with Gasteiger partial charge in [-0.1, -0.05) is 19.3 Å². The highest BCUT2D eigenvalue weighted by atomic mass is 16.2. The van der Waals surface area contributed by atoms with Crippen LogP contribution >= 0.6 is 0 Å². The lowest BCUT2D eigenvalue weighted by Crippen LogP contribution is -2.46. The number of urea groups is 1. The second-order valence-electron chi connectivity index (χ2n) is 5.42. The fraction of sp³-hybridized carbons (Fsp3) is 0.923. The minimum Gasteiger partial charge on any atom is -0.335 e. The Morgan fingerprint density at radius 2 is 1.94 bits per heavy atom. The Labute approximate surface area is 104 Å². The van der Waals surface area contributed by atoms with Crippen molar-refractivity contribution in [1.29, 1.82) is 0 Å². The molecule has 1 heterocycles. The number of hydrogen-bond acceptors (Lipinski definition) is 2. The molecule has 4 nitrogen and oxygen atoms in total. The first-order valence-corrected chi connectivity index (χ1v) is 7.04. The van der Waals surface area contributed by atoms with Crippen LogP contribution in [-0.4, -0.2) is 42.6 Å². The van der Waals surface area contributed by atoms with Crippen LogP contribution in [-0.2, 0) is 0 Å². The molecule has 2 rings (SSSR count). The molecule has 0 aromatic heterocycles. The number of nitrogens with one attached hydrogen (secondary N) is 2. The normalized spacial score (nSPS) is 27.6. The van der Waals surface area contributed by atoms with Crippen LogP contribution in [0.1, 0.15) is 45.4 Å². The van der Waals surface area contributed by atoms with Crippen molar-refractivity contribution in [2.24, 2.45) is 0 Å². The number of carbonyl (C=O) groups is 1. The van der Waals surface area contributed by atoms with E-state index in [0.29, 0.717) is 12.1 Å². The third kappa shape index (κ3) is 3.87. The van der Waals surface area contributed by atoms with Gasteiger partial charge in [0.1, 0.15) is 0 Å². The van der Waals surface area contributed by atoms with Crippen molar-refractivity contribution in [3.05, 3.63) is 0 Å². The Bertz CT molecular complexity index is 251. The highest BCUT2D eigenvalue weighted by Crippen LogP contribution is 2.17. The first-order valence-electron chi connectivity index (χ1n) is 7.04. The number of nitrogens with zero attached hydrogens (tertiary/aromatic N) is 1. The van der Waals surface area contributed by atoms with Crippen LogP contribution in [0.4, 0.5) is 4.79 Å². The maximum atomic E-state index is 12.1. The summed E-state index contributed by atoms with van der Waals surface area (Å²) in [6.07, 6.45) is 7.24.